The normalized spacial score (nSPS) is 10.4. The molecule has 5 heteroatoms. The molecule has 0 aliphatic carbocycles. The van der Waals surface area contributed by atoms with Crippen molar-refractivity contribution < 1.29 is 9.59 Å². The maximum absolute atomic E-state index is 12.2. The van der Waals surface area contributed by atoms with Crippen LogP contribution >= 0.6 is 0 Å². The first kappa shape index (κ1) is 20.1. The molecule has 3 N–H and O–H groups in total. The molecule has 0 saturated carbocycles. The average molecular weight is 387 g/mol. The standard InChI is InChI=1S/C24H25N3O2/c1-18(28)26-21-12-14-22(15-13-21)27-24(29)25-17-16-23(19-8-4-2-5-9-19)20-10-6-3-7-11-20/h2-15,23H,16-17H2,1H3,(H,26,28)(H2,25,27,29). The van der Waals surface area contributed by atoms with E-state index in [2.05, 4.69) is 40.2 Å². The summed E-state index contributed by atoms with van der Waals surface area (Å²) in [5.74, 6) is 0.0875. The van der Waals surface area contributed by atoms with Gasteiger partial charge in [0.2, 0.25) is 5.91 Å². The van der Waals surface area contributed by atoms with Crippen LogP contribution in [0.3, 0.4) is 0 Å². The second kappa shape index (κ2) is 10.1. The van der Waals surface area contributed by atoms with Crippen LogP contribution in [-0.2, 0) is 4.79 Å². The molecule has 5 nitrogen and oxygen atoms in total. The van der Waals surface area contributed by atoms with Crippen molar-refractivity contribution in [1.29, 1.82) is 0 Å². The molecule has 0 spiro atoms. The molecule has 0 atom stereocenters. The molecule has 0 radical (unpaired) electrons. The highest BCUT2D eigenvalue weighted by molar-refractivity contribution is 5.91. The van der Waals surface area contributed by atoms with Gasteiger partial charge in [-0.25, -0.2) is 4.79 Å². The fourth-order valence-electron chi connectivity index (χ4n) is 3.24. The third kappa shape index (κ3) is 6.21. The summed E-state index contributed by atoms with van der Waals surface area (Å²) in [6.07, 6.45) is 0.795. The zero-order valence-electron chi connectivity index (χ0n) is 16.4. The Hall–Kier alpha value is -3.60. The Morgan fingerprint density at radius 2 is 1.21 bits per heavy atom. The van der Waals surface area contributed by atoms with E-state index in [1.807, 2.05) is 36.4 Å². The van der Waals surface area contributed by atoms with E-state index in [1.54, 1.807) is 24.3 Å². The number of urea groups is 1. The van der Waals surface area contributed by atoms with E-state index >= 15 is 0 Å². The zero-order chi connectivity index (χ0) is 20.5. The first-order valence-electron chi connectivity index (χ1n) is 9.64. The zero-order valence-corrected chi connectivity index (χ0v) is 16.4. The fraction of sp³-hybridized carbons (Fsp3) is 0.167. The van der Waals surface area contributed by atoms with E-state index in [0.717, 1.165) is 6.42 Å². The molecule has 148 valence electrons. The third-order valence-electron chi connectivity index (χ3n) is 4.59. The summed E-state index contributed by atoms with van der Waals surface area (Å²) in [5.41, 5.74) is 3.82. The van der Waals surface area contributed by atoms with E-state index in [9.17, 15) is 9.59 Å². The monoisotopic (exact) mass is 387 g/mol. The van der Waals surface area contributed by atoms with Gasteiger partial charge in [0.25, 0.3) is 0 Å². The van der Waals surface area contributed by atoms with Gasteiger partial charge in [-0.3, -0.25) is 4.79 Å². The van der Waals surface area contributed by atoms with Gasteiger partial charge in [-0.2, -0.15) is 0 Å². The Balaban J connectivity index is 1.55. The lowest BCUT2D eigenvalue weighted by Crippen LogP contribution is -2.30. The number of hydrogen-bond donors (Lipinski definition) is 3. The largest absolute Gasteiger partial charge is 0.338 e. The molecule has 0 heterocycles. The summed E-state index contributed by atoms with van der Waals surface area (Å²) < 4.78 is 0. The van der Waals surface area contributed by atoms with Gasteiger partial charge in [0.15, 0.2) is 0 Å². The summed E-state index contributed by atoms with van der Waals surface area (Å²) in [6.45, 7) is 2.00. The molecule has 0 aliphatic heterocycles. The predicted molar refractivity (Wildman–Crippen MR) is 117 cm³/mol. The Bertz CT molecular complexity index is 886. The number of nitrogens with one attached hydrogen (secondary N) is 3. The number of amides is 3. The van der Waals surface area contributed by atoms with Crippen LogP contribution in [0.15, 0.2) is 84.9 Å². The lowest BCUT2D eigenvalue weighted by atomic mass is 9.88. The van der Waals surface area contributed by atoms with Crippen LogP contribution in [-0.4, -0.2) is 18.5 Å². The van der Waals surface area contributed by atoms with E-state index in [0.29, 0.717) is 17.9 Å². The van der Waals surface area contributed by atoms with Gasteiger partial charge in [0, 0.05) is 30.8 Å². The lowest BCUT2D eigenvalue weighted by molar-refractivity contribution is -0.114. The molecular formula is C24H25N3O2. The second-order valence-electron chi connectivity index (χ2n) is 6.80. The molecule has 3 aromatic rings. The smallest absolute Gasteiger partial charge is 0.319 e. The minimum Gasteiger partial charge on any atom is -0.338 e. The molecule has 0 unspecified atom stereocenters. The topological polar surface area (TPSA) is 70.2 Å². The molecular weight excluding hydrogens is 362 g/mol. The molecule has 0 bridgehead atoms. The first-order valence-corrected chi connectivity index (χ1v) is 9.64. The maximum atomic E-state index is 12.2. The van der Waals surface area contributed by atoms with Gasteiger partial charge in [-0.1, -0.05) is 60.7 Å². The Labute approximate surface area is 171 Å². The lowest BCUT2D eigenvalue weighted by Gasteiger charge is -2.18. The first-order chi connectivity index (χ1) is 14.1. The van der Waals surface area contributed by atoms with Crippen LogP contribution < -0.4 is 16.0 Å². The second-order valence-corrected chi connectivity index (χ2v) is 6.80. The minimum absolute atomic E-state index is 0.130. The van der Waals surface area contributed by atoms with Crippen molar-refractivity contribution >= 4 is 23.3 Å². The highest BCUT2D eigenvalue weighted by Gasteiger charge is 2.14. The van der Waals surface area contributed by atoms with E-state index in [-0.39, 0.29) is 17.9 Å². The van der Waals surface area contributed by atoms with Crippen LogP contribution in [0.25, 0.3) is 0 Å². The third-order valence-corrected chi connectivity index (χ3v) is 4.59. The fourth-order valence-corrected chi connectivity index (χ4v) is 3.24. The highest BCUT2D eigenvalue weighted by atomic mass is 16.2. The van der Waals surface area contributed by atoms with Crippen molar-refractivity contribution in [1.82, 2.24) is 5.32 Å². The van der Waals surface area contributed by atoms with Crippen molar-refractivity contribution in [2.45, 2.75) is 19.3 Å². The van der Waals surface area contributed by atoms with Gasteiger partial charge in [0.1, 0.15) is 0 Å². The Morgan fingerprint density at radius 1 is 0.724 bits per heavy atom. The van der Waals surface area contributed by atoms with Crippen molar-refractivity contribution in [3.63, 3.8) is 0 Å². The van der Waals surface area contributed by atoms with Crippen LogP contribution in [0.2, 0.25) is 0 Å². The number of rotatable bonds is 7. The van der Waals surface area contributed by atoms with Crippen LogP contribution in [0.5, 0.6) is 0 Å². The van der Waals surface area contributed by atoms with Gasteiger partial charge in [-0.15, -0.1) is 0 Å². The number of carbonyl (C=O) groups is 2. The van der Waals surface area contributed by atoms with Gasteiger partial charge >= 0.3 is 6.03 Å². The molecule has 0 saturated heterocycles. The summed E-state index contributed by atoms with van der Waals surface area (Å²) in [6, 6.07) is 27.4. The number of hydrogen-bond acceptors (Lipinski definition) is 2. The van der Waals surface area contributed by atoms with Gasteiger partial charge in [-0.05, 0) is 41.8 Å². The molecule has 3 amide bonds. The molecule has 0 aromatic heterocycles. The Morgan fingerprint density at radius 3 is 1.69 bits per heavy atom. The van der Waals surface area contributed by atoms with Gasteiger partial charge < -0.3 is 16.0 Å². The molecule has 0 aliphatic rings. The van der Waals surface area contributed by atoms with Gasteiger partial charge in [0.05, 0.1) is 0 Å². The molecule has 3 rings (SSSR count). The van der Waals surface area contributed by atoms with E-state index in [4.69, 9.17) is 0 Å². The summed E-state index contributed by atoms with van der Waals surface area (Å²) in [4.78, 5) is 23.3. The van der Waals surface area contributed by atoms with Crippen molar-refractivity contribution in [3.8, 4) is 0 Å². The minimum atomic E-state index is -0.253. The van der Waals surface area contributed by atoms with Crippen molar-refractivity contribution in [2.24, 2.45) is 0 Å². The SMILES string of the molecule is CC(=O)Nc1ccc(NC(=O)NCCC(c2ccccc2)c2ccccc2)cc1. The molecule has 29 heavy (non-hydrogen) atoms. The number of benzene rings is 3. The van der Waals surface area contributed by atoms with Crippen molar-refractivity contribution in [2.75, 3.05) is 17.2 Å². The molecule has 3 aromatic carbocycles. The highest BCUT2D eigenvalue weighted by Crippen LogP contribution is 2.27. The quantitative estimate of drug-likeness (QED) is 0.535. The maximum Gasteiger partial charge on any atom is 0.319 e. The predicted octanol–water partition coefficient (Wildman–Crippen LogP) is 4.99. The van der Waals surface area contributed by atoms with Crippen LogP contribution in [0.1, 0.15) is 30.4 Å². The van der Waals surface area contributed by atoms with E-state index in [1.165, 1.54) is 18.1 Å². The van der Waals surface area contributed by atoms with Crippen LogP contribution in [0, 0.1) is 0 Å². The summed E-state index contributed by atoms with van der Waals surface area (Å²) in [5, 5.41) is 8.44. The van der Waals surface area contributed by atoms with E-state index < -0.39 is 0 Å². The Kier molecular flexibility index (Phi) is 7.00. The summed E-state index contributed by atoms with van der Waals surface area (Å²) >= 11 is 0. The summed E-state index contributed by atoms with van der Waals surface area (Å²) in [7, 11) is 0. The van der Waals surface area contributed by atoms with Crippen molar-refractivity contribution in [3.05, 3.63) is 96.1 Å². The molecule has 0 fully saturated rings. The number of anilines is 2. The van der Waals surface area contributed by atoms with Crippen LogP contribution in [0.4, 0.5) is 16.2 Å². The average Bonchev–Trinajstić information content (AvgIpc) is 2.73. The number of carbonyl (C=O) groups excluding carboxylic acids is 2.